The highest BCUT2D eigenvalue weighted by Gasteiger charge is 2.50. The largest absolute Gasteiger partial charge is 0.394 e. The topological polar surface area (TPSA) is 228 Å². The van der Waals surface area contributed by atoms with Gasteiger partial charge in [0, 0.05) is 6.42 Å². The summed E-state index contributed by atoms with van der Waals surface area (Å²) in [4.78, 5) is 12.5. The third kappa shape index (κ3) is 16.8. The summed E-state index contributed by atoms with van der Waals surface area (Å²) in [6.07, 6.45) is 5.92. The lowest BCUT2D eigenvalue weighted by molar-refractivity contribution is -0.359. The smallest absolute Gasteiger partial charge is 0.220 e. The first-order chi connectivity index (χ1) is 25.1. The Labute approximate surface area is 311 Å². The van der Waals surface area contributed by atoms with Gasteiger partial charge in [0.2, 0.25) is 5.91 Å². The predicted octanol–water partition coefficient (Wildman–Crippen LogP) is 2.31. The van der Waals surface area contributed by atoms with E-state index in [9.17, 15) is 45.6 Å². The van der Waals surface area contributed by atoms with Crippen molar-refractivity contribution in [3.63, 3.8) is 0 Å². The molecule has 2 aliphatic rings. The summed E-state index contributed by atoms with van der Waals surface area (Å²) in [5.41, 5.74) is 0. The average Bonchev–Trinajstić information content (AvgIpc) is 3.13. The molecule has 0 aromatic heterocycles. The summed E-state index contributed by atoms with van der Waals surface area (Å²) in [5, 5.41) is 85.5. The van der Waals surface area contributed by atoms with Crippen LogP contribution in [0.2, 0.25) is 0 Å². The minimum absolute atomic E-state index is 0.250. The number of hydrogen-bond acceptors (Lipinski definition) is 13. The fourth-order valence-corrected chi connectivity index (χ4v) is 6.93. The number of ether oxygens (including phenoxy) is 4. The molecule has 0 bridgehead atoms. The Morgan fingerprint density at radius 1 is 0.615 bits per heavy atom. The SMILES string of the molecule is CCCCCCCCCCCCCCCCCCCC(O)C(COC1OC(CO)C(OC2OC(CO)C(O)C(O)C2O)C(O)C1O)NC(=O)CCC. The molecule has 0 aliphatic carbocycles. The van der Waals surface area contributed by atoms with Gasteiger partial charge in [-0.3, -0.25) is 4.79 Å². The maximum atomic E-state index is 12.5. The number of nitrogens with one attached hydrogen (secondary N) is 1. The van der Waals surface area contributed by atoms with Gasteiger partial charge < -0.3 is 65.1 Å². The van der Waals surface area contributed by atoms with E-state index in [1.807, 2.05) is 6.92 Å². The fourth-order valence-electron chi connectivity index (χ4n) is 6.93. The summed E-state index contributed by atoms with van der Waals surface area (Å²) in [6.45, 7) is 2.47. The number of hydrogen-bond donors (Lipinski definition) is 9. The van der Waals surface area contributed by atoms with Crippen LogP contribution in [0.3, 0.4) is 0 Å². The van der Waals surface area contributed by atoms with Crippen LogP contribution in [-0.4, -0.2) is 140 Å². The molecule has 2 aliphatic heterocycles. The Balaban J connectivity index is 1.74. The molecule has 9 N–H and O–H groups in total. The predicted molar refractivity (Wildman–Crippen MR) is 194 cm³/mol. The molecule has 0 aromatic rings. The van der Waals surface area contributed by atoms with Gasteiger partial charge in [0.05, 0.1) is 32.0 Å². The molecule has 14 nitrogen and oxygen atoms in total. The van der Waals surface area contributed by atoms with E-state index in [4.69, 9.17) is 18.9 Å². The normalized spacial score (nSPS) is 30.7. The maximum Gasteiger partial charge on any atom is 0.220 e. The molecule has 0 saturated carbocycles. The zero-order chi connectivity index (χ0) is 38.3. The van der Waals surface area contributed by atoms with Gasteiger partial charge in [0.15, 0.2) is 12.6 Å². The minimum atomic E-state index is -1.77. The third-order valence-corrected chi connectivity index (χ3v) is 10.3. The maximum absolute atomic E-state index is 12.5. The molecule has 2 saturated heterocycles. The van der Waals surface area contributed by atoms with Crippen molar-refractivity contribution < 1.29 is 64.6 Å². The number of rotatable bonds is 29. The Morgan fingerprint density at radius 3 is 1.60 bits per heavy atom. The van der Waals surface area contributed by atoms with Crippen molar-refractivity contribution in [2.75, 3.05) is 19.8 Å². The highest BCUT2D eigenvalue weighted by molar-refractivity contribution is 5.76. The number of carbonyl (C=O) groups is 1. The molecule has 2 fully saturated rings. The lowest BCUT2D eigenvalue weighted by atomic mass is 9.97. The first-order valence-electron chi connectivity index (χ1n) is 20.3. The average molecular weight is 752 g/mol. The van der Waals surface area contributed by atoms with Gasteiger partial charge in [-0.2, -0.15) is 0 Å². The van der Waals surface area contributed by atoms with Crippen LogP contribution >= 0.6 is 0 Å². The van der Waals surface area contributed by atoms with E-state index in [-0.39, 0.29) is 18.9 Å². The first kappa shape index (κ1) is 47.1. The van der Waals surface area contributed by atoms with Gasteiger partial charge in [0.25, 0.3) is 0 Å². The van der Waals surface area contributed by atoms with Crippen molar-refractivity contribution in [1.82, 2.24) is 5.32 Å². The van der Waals surface area contributed by atoms with Crippen LogP contribution in [0.1, 0.15) is 142 Å². The van der Waals surface area contributed by atoms with Gasteiger partial charge in [0.1, 0.15) is 48.8 Å². The molecule has 14 heteroatoms. The van der Waals surface area contributed by atoms with Crippen LogP contribution in [0.15, 0.2) is 0 Å². The second-order valence-electron chi connectivity index (χ2n) is 14.8. The van der Waals surface area contributed by atoms with Crippen molar-refractivity contribution in [3.8, 4) is 0 Å². The van der Waals surface area contributed by atoms with E-state index in [1.165, 1.54) is 83.5 Å². The van der Waals surface area contributed by atoms with Crippen molar-refractivity contribution >= 4 is 5.91 Å². The van der Waals surface area contributed by atoms with E-state index in [1.54, 1.807) is 0 Å². The zero-order valence-electron chi connectivity index (χ0n) is 31.8. The van der Waals surface area contributed by atoms with Gasteiger partial charge in [-0.1, -0.05) is 123 Å². The summed E-state index contributed by atoms with van der Waals surface area (Å²) in [7, 11) is 0. The molecule has 1 amide bonds. The molecule has 12 atom stereocenters. The molecular formula is C38H73NO13. The molecule has 2 heterocycles. The van der Waals surface area contributed by atoms with Crippen molar-refractivity contribution in [3.05, 3.63) is 0 Å². The van der Waals surface area contributed by atoms with Crippen molar-refractivity contribution in [2.45, 2.75) is 216 Å². The molecule has 12 unspecified atom stereocenters. The van der Waals surface area contributed by atoms with E-state index in [0.717, 1.165) is 25.7 Å². The quantitative estimate of drug-likeness (QED) is 0.0501. The molecule has 308 valence electrons. The third-order valence-electron chi connectivity index (χ3n) is 10.3. The highest BCUT2D eigenvalue weighted by Crippen LogP contribution is 2.30. The Morgan fingerprint density at radius 2 is 1.10 bits per heavy atom. The lowest BCUT2D eigenvalue weighted by Crippen LogP contribution is -2.65. The summed E-state index contributed by atoms with van der Waals surface area (Å²) in [6, 6.07) is -0.816. The number of aliphatic hydroxyl groups excluding tert-OH is 8. The molecule has 0 aromatic carbocycles. The van der Waals surface area contributed by atoms with Crippen LogP contribution in [0.25, 0.3) is 0 Å². The Bertz CT molecular complexity index is 899. The van der Waals surface area contributed by atoms with Crippen LogP contribution in [0.4, 0.5) is 0 Å². The summed E-state index contributed by atoms with van der Waals surface area (Å²) < 4.78 is 22.4. The zero-order valence-corrected chi connectivity index (χ0v) is 31.8. The van der Waals surface area contributed by atoms with E-state index in [0.29, 0.717) is 12.8 Å². The summed E-state index contributed by atoms with van der Waals surface area (Å²) in [5.74, 6) is -0.260. The molecule has 52 heavy (non-hydrogen) atoms. The molecular weight excluding hydrogens is 678 g/mol. The molecule has 2 rings (SSSR count). The van der Waals surface area contributed by atoms with E-state index >= 15 is 0 Å². The first-order valence-corrected chi connectivity index (χ1v) is 20.3. The molecule has 0 radical (unpaired) electrons. The van der Waals surface area contributed by atoms with Crippen molar-refractivity contribution in [2.24, 2.45) is 0 Å². The minimum Gasteiger partial charge on any atom is -0.394 e. The number of unbranched alkanes of at least 4 members (excludes halogenated alkanes) is 16. The van der Waals surface area contributed by atoms with Gasteiger partial charge in [-0.15, -0.1) is 0 Å². The molecule has 0 spiro atoms. The highest BCUT2D eigenvalue weighted by atomic mass is 16.7. The lowest BCUT2D eigenvalue weighted by Gasteiger charge is -2.46. The van der Waals surface area contributed by atoms with Gasteiger partial charge in [-0.25, -0.2) is 0 Å². The second-order valence-corrected chi connectivity index (χ2v) is 14.8. The number of amides is 1. The van der Waals surface area contributed by atoms with E-state index < -0.39 is 86.8 Å². The fraction of sp³-hybridized carbons (Fsp3) is 0.974. The second kappa shape index (κ2) is 27.6. The van der Waals surface area contributed by atoms with Gasteiger partial charge in [-0.05, 0) is 12.8 Å². The Hall–Kier alpha value is -1.01. The standard InChI is InChI=1S/C38H73NO13/c1-3-5-6-7-8-9-10-11-12-13-14-15-16-17-18-19-20-22-27(42)26(39-30(43)21-4-2)25-49-37-35(48)33(46)36(29(24-41)51-37)52-38-34(47)32(45)31(44)28(23-40)50-38/h26-29,31-38,40-42,44-48H,3-25H2,1-2H3,(H,39,43). The van der Waals surface area contributed by atoms with Crippen molar-refractivity contribution in [1.29, 1.82) is 0 Å². The number of aliphatic hydroxyl groups is 8. The summed E-state index contributed by atoms with van der Waals surface area (Å²) >= 11 is 0. The van der Waals surface area contributed by atoms with E-state index in [2.05, 4.69) is 12.2 Å². The number of carbonyl (C=O) groups excluding carboxylic acids is 1. The van der Waals surface area contributed by atoms with Crippen LogP contribution in [0, 0.1) is 0 Å². The monoisotopic (exact) mass is 752 g/mol. The Kier molecular flexibility index (Phi) is 25.0. The van der Waals surface area contributed by atoms with Crippen LogP contribution < -0.4 is 5.32 Å². The van der Waals surface area contributed by atoms with Crippen LogP contribution in [-0.2, 0) is 23.7 Å². The van der Waals surface area contributed by atoms with Crippen LogP contribution in [0.5, 0.6) is 0 Å². The van der Waals surface area contributed by atoms with Gasteiger partial charge >= 0.3 is 0 Å².